The van der Waals surface area contributed by atoms with Gasteiger partial charge in [-0.05, 0) is 18.2 Å². The molecule has 1 aromatic carbocycles. The van der Waals surface area contributed by atoms with Crippen LogP contribution in [0.5, 0.6) is 5.95 Å². The molecular weight excluding hydrogens is 180 g/mol. The summed E-state index contributed by atoms with van der Waals surface area (Å²) in [5, 5.41) is 0. The third-order valence-corrected chi connectivity index (χ3v) is 1.65. The number of benzene rings is 1. The van der Waals surface area contributed by atoms with E-state index in [9.17, 15) is 4.79 Å². The van der Waals surface area contributed by atoms with Crippen LogP contribution in [0.3, 0.4) is 0 Å². The fourth-order valence-electron chi connectivity index (χ4n) is 1.01. The van der Waals surface area contributed by atoms with Crippen LogP contribution in [0.15, 0.2) is 46.9 Å². The van der Waals surface area contributed by atoms with Crippen molar-refractivity contribution in [1.29, 1.82) is 0 Å². The van der Waals surface area contributed by atoms with Crippen LogP contribution < -0.4 is 4.74 Å². The number of carbonyl (C=O) groups is 1. The third kappa shape index (κ3) is 1.82. The summed E-state index contributed by atoms with van der Waals surface area (Å²) in [4.78, 5) is 11.4. The van der Waals surface area contributed by atoms with Crippen LogP contribution in [0.1, 0.15) is 10.4 Å². The molecule has 0 spiro atoms. The smallest absolute Gasteiger partial charge is 0.345 e. The van der Waals surface area contributed by atoms with E-state index < -0.39 is 5.97 Å². The van der Waals surface area contributed by atoms with E-state index >= 15 is 0 Å². The van der Waals surface area contributed by atoms with Gasteiger partial charge in [-0.3, -0.25) is 0 Å². The number of rotatable bonds is 2. The molecule has 2 aromatic rings. The van der Waals surface area contributed by atoms with Gasteiger partial charge in [0.05, 0.1) is 5.56 Å². The quantitative estimate of drug-likeness (QED) is 0.677. The van der Waals surface area contributed by atoms with Crippen molar-refractivity contribution in [2.75, 3.05) is 0 Å². The maximum Gasteiger partial charge on any atom is 0.345 e. The molecule has 0 bridgehead atoms. The molecule has 0 aliphatic carbocycles. The zero-order valence-electron chi connectivity index (χ0n) is 7.27. The van der Waals surface area contributed by atoms with Gasteiger partial charge in [-0.2, -0.15) is 0 Å². The van der Waals surface area contributed by atoms with Crippen molar-refractivity contribution in [1.82, 2.24) is 0 Å². The van der Waals surface area contributed by atoms with E-state index in [2.05, 4.69) is 6.26 Å². The molecular formula is C11H7O3. The highest BCUT2D eigenvalue weighted by molar-refractivity contribution is 5.90. The number of furan rings is 1. The highest BCUT2D eigenvalue weighted by Crippen LogP contribution is 2.12. The lowest BCUT2D eigenvalue weighted by Gasteiger charge is -1.99. The number of hydrogen-bond donors (Lipinski definition) is 0. The van der Waals surface area contributed by atoms with Crippen LogP contribution in [0.25, 0.3) is 0 Å². The largest absolute Gasteiger partial charge is 0.422 e. The van der Waals surface area contributed by atoms with Gasteiger partial charge < -0.3 is 9.15 Å². The molecule has 0 aliphatic rings. The molecule has 0 saturated heterocycles. The van der Waals surface area contributed by atoms with Crippen LogP contribution in [0.4, 0.5) is 0 Å². The van der Waals surface area contributed by atoms with Gasteiger partial charge >= 0.3 is 5.97 Å². The molecule has 0 amide bonds. The van der Waals surface area contributed by atoms with E-state index in [4.69, 9.17) is 9.15 Å². The molecule has 1 radical (unpaired) electrons. The van der Waals surface area contributed by atoms with Crippen molar-refractivity contribution < 1.29 is 13.9 Å². The van der Waals surface area contributed by atoms with Gasteiger partial charge in [-0.1, -0.05) is 18.2 Å². The van der Waals surface area contributed by atoms with Gasteiger partial charge in [0.1, 0.15) is 0 Å². The second-order valence-electron chi connectivity index (χ2n) is 2.63. The SMILES string of the molecule is O=C(Oc1cc[c]o1)c1ccccc1. The third-order valence-electron chi connectivity index (χ3n) is 1.65. The summed E-state index contributed by atoms with van der Waals surface area (Å²) in [6.07, 6.45) is 2.43. The average Bonchev–Trinajstić information content (AvgIpc) is 2.72. The van der Waals surface area contributed by atoms with Gasteiger partial charge in [0.15, 0.2) is 6.26 Å². The van der Waals surface area contributed by atoms with Gasteiger partial charge in [-0.15, -0.1) is 0 Å². The van der Waals surface area contributed by atoms with E-state index in [1.165, 1.54) is 12.1 Å². The van der Waals surface area contributed by atoms with Crippen molar-refractivity contribution in [2.24, 2.45) is 0 Å². The van der Waals surface area contributed by atoms with Crippen molar-refractivity contribution >= 4 is 5.97 Å². The Morgan fingerprint density at radius 1 is 1.21 bits per heavy atom. The molecule has 0 unspecified atom stereocenters. The van der Waals surface area contributed by atoms with Gasteiger partial charge in [-0.25, -0.2) is 4.79 Å². The number of ether oxygens (including phenoxy) is 1. The van der Waals surface area contributed by atoms with Crippen molar-refractivity contribution in [3.05, 3.63) is 54.3 Å². The van der Waals surface area contributed by atoms with E-state index in [-0.39, 0.29) is 5.95 Å². The highest BCUT2D eigenvalue weighted by atomic mass is 16.6. The monoisotopic (exact) mass is 187 g/mol. The van der Waals surface area contributed by atoms with E-state index in [1.807, 2.05) is 6.07 Å². The molecule has 0 saturated carbocycles. The molecule has 69 valence electrons. The fourth-order valence-corrected chi connectivity index (χ4v) is 1.01. The Bertz CT molecular complexity index is 403. The van der Waals surface area contributed by atoms with E-state index in [1.54, 1.807) is 24.3 Å². The van der Waals surface area contributed by atoms with Crippen LogP contribution in [-0.4, -0.2) is 5.97 Å². The second kappa shape index (κ2) is 3.79. The minimum absolute atomic E-state index is 0.152. The van der Waals surface area contributed by atoms with Crippen molar-refractivity contribution in [3.63, 3.8) is 0 Å². The maximum absolute atomic E-state index is 11.4. The summed E-state index contributed by atoms with van der Waals surface area (Å²) in [7, 11) is 0. The molecule has 1 heterocycles. The predicted molar refractivity (Wildman–Crippen MR) is 48.9 cm³/mol. The molecule has 0 fully saturated rings. The first-order valence-electron chi connectivity index (χ1n) is 4.09. The van der Waals surface area contributed by atoms with Gasteiger partial charge in [0.2, 0.25) is 0 Å². The first kappa shape index (κ1) is 8.56. The molecule has 0 aliphatic heterocycles. The molecule has 3 heteroatoms. The number of esters is 1. The van der Waals surface area contributed by atoms with Crippen LogP contribution >= 0.6 is 0 Å². The van der Waals surface area contributed by atoms with E-state index in [0.717, 1.165) is 0 Å². The zero-order valence-corrected chi connectivity index (χ0v) is 7.27. The maximum atomic E-state index is 11.4. The lowest BCUT2D eigenvalue weighted by molar-refractivity contribution is 0.0693. The molecule has 3 nitrogen and oxygen atoms in total. The zero-order chi connectivity index (χ0) is 9.80. The van der Waals surface area contributed by atoms with Crippen LogP contribution in [-0.2, 0) is 0 Å². The normalized spacial score (nSPS) is 9.71. The minimum Gasteiger partial charge on any atom is -0.422 e. The summed E-state index contributed by atoms with van der Waals surface area (Å²) in [5.41, 5.74) is 0.490. The van der Waals surface area contributed by atoms with Crippen molar-refractivity contribution in [3.8, 4) is 5.95 Å². The summed E-state index contributed by atoms with van der Waals surface area (Å²) in [6, 6.07) is 11.8. The van der Waals surface area contributed by atoms with Crippen LogP contribution in [0.2, 0.25) is 0 Å². The Morgan fingerprint density at radius 3 is 2.64 bits per heavy atom. The van der Waals surface area contributed by atoms with Gasteiger partial charge in [0, 0.05) is 6.07 Å². The Balaban J connectivity index is 2.11. The average molecular weight is 187 g/mol. The Kier molecular flexibility index (Phi) is 2.32. The first-order chi connectivity index (χ1) is 6.86. The summed E-state index contributed by atoms with van der Waals surface area (Å²) in [5.74, 6) is -0.284. The highest BCUT2D eigenvalue weighted by Gasteiger charge is 2.08. The van der Waals surface area contributed by atoms with Gasteiger partial charge in [0.25, 0.3) is 5.95 Å². The van der Waals surface area contributed by atoms with Crippen molar-refractivity contribution in [2.45, 2.75) is 0 Å². The summed E-state index contributed by atoms with van der Waals surface area (Å²) >= 11 is 0. The Labute approximate surface area is 80.9 Å². The lowest BCUT2D eigenvalue weighted by atomic mass is 10.2. The minimum atomic E-state index is -0.436. The second-order valence-corrected chi connectivity index (χ2v) is 2.63. The predicted octanol–water partition coefficient (Wildman–Crippen LogP) is 2.30. The molecule has 2 rings (SSSR count). The molecule has 0 atom stereocenters. The standard InChI is InChI=1S/C11H7O3/c12-11(9-5-2-1-3-6-9)14-10-7-4-8-13-10/h1-7H. The number of carbonyl (C=O) groups excluding carboxylic acids is 1. The molecule has 14 heavy (non-hydrogen) atoms. The lowest BCUT2D eigenvalue weighted by Crippen LogP contribution is -2.07. The van der Waals surface area contributed by atoms with Crippen LogP contribution in [0, 0.1) is 6.26 Å². The molecule has 0 N–H and O–H groups in total. The Morgan fingerprint density at radius 2 is 2.00 bits per heavy atom. The fraction of sp³-hybridized carbons (Fsp3) is 0. The number of hydrogen-bond acceptors (Lipinski definition) is 3. The summed E-state index contributed by atoms with van der Waals surface area (Å²) < 4.78 is 9.66. The summed E-state index contributed by atoms with van der Waals surface area (Å²) in [6.45, 7) is 0. The Hall–Kier alpha value is -2.03. The topological polar surface area (TPSA) is 39.4 Å². The first-order valence-corrected chi connectivity index (χ1v) is 4.09. The van der Waals surface area contributed by atoms with E-state index in [0.29, 0.717) is 5.56 Å². The molecule has 1 aromatic heterocycles.